The van der Waals surface area contributed by atoms with E-state index in [1.165, 1.54) is 135 Å². The minimum Gasteiger partial charge on any atom is -0.462 e. The fourth-order valence-electron chi connectivity index (χ4n) is 10.2. The van der Waals surface area contributed by atoms with Crippen molar-refractivity contribution in [1.29, 1.82) is 0 Å². The quantitative estimate of drug-likeness (QED) is 0.0264. The summed E-state index contributed by atoms with van der Waals surface area (Å²) in [5.41, 5.74) is 5.41. The molecule has 0 rings (SSSR count). The number of carbonyl (C=O) groups is 2. The molecule has 0 aliphatic heterocycles. The predicted octanol–water partition coefficient (Wildman–Crippen LogP) is 25.9. The fraction of sp³-hybridized carbons (Fsp3) is 0.624. The van der Waals surface area contributed by atoms with Gasteiger partial charge in [-0.2, -0.15) is 0 Å². The predicted molar refractivity (Wildman–Crippen MR) is 412 cm³/mol. The average Bonchev–Trinajstić information content (AvgIpc) is 3.32. The van der Waals surface area contributed by atoms with Crippen LogP contribution < -0.4 is 5.73 Å². The van der Waals surface area contributed by atoms with Crippen molar-refractivity contribution in [3.05, 3.63) is 182 Å². The molecule has 0 radical (unpaired) electrons. The van der Waals surface area contributed by atoms with E-state index in [1.54, 1.807) is 0 Å². The highest BCUT2D eigenvalue weighted by molar-refractivity contribution is 7.47. The van der Waals surface area contributed by atoms with Crippen molar-refractivity contribution in [3.63, 3.8) is 0 Å². The Morgan fingerprint density at radius 3 is 0.811 bits per heavy atom. The van der Waals surface area contributed by atoms with Crippen LogP contribution in [0.4, 0.5) is 0 Å². The first kappa shape index (κ1) is 90.1. The Labute approximate surface area is 584 Å². The molecule has 95 heavy (non-hydrogen) atoms. The Kier molecular flexibility index (Phi) is 74.1. The molecule has 0 fully saturated rings. The van der Waals surface area contributed by atoms with Gasteiger partial charge < -0.3 is 20.1 Å². The minimum atomic E-state index is -4.41. The molecule has 0 spiro atoms. The topological polar surface area (TPSA) is 134 Å². The molecule has 538 valence electrons. The first-order chi connectivity index (χ1) is 46.8. The Morgan fingerprint density at radius 1 is 0.316 bits per heavy atom. The van der Waals surface area contributed by atoms with Crippen LogP contribution in [0.15, 0.2) is 182 Å². The molecular formula is C85H140NO8P. The average molecular weight is 1340 g/mol. The van der Waals surface area contributed by atoms with E-state index in [0.29, 0.717) is 6.42 Å². The summed E-state index contributed by atoms with van der Waals surface area (Å²) in [6.07, 6.45) is 117. The molecule has 0 aromatic heterocycles. The van der Waals surface area contributed by atoms with Gasteiger partial charge in [-0.15, -0.1) is 0 Å². The number of phosphoric acid groups is 1. The lowest BCUT2D eigenvalue weighted by Gasteiger charge is -2.19. The van der Waals surface area contributed by atoms with Crippen molar-refractivity contribution in [3.8, 4) is 0 Å². The third-order valence-corrected chi connectivity index (χ3v) is 16.8. The molecular weight excluding hydrogens is 1190 g/mol. The van der Waals surface area contributed by atoms with Crippen molar-refractivity contribution in [1.82, 2.24) is 0 Å². The van der Waals surface area contributed by atoms with Gasteiger partial charge in [0.15, 0.2) is 6.10 Å². The SMILES string of the molecule is CC/C=C\C/C=C\C/C=C\C/C=C\C/C=C\C/C=C\C/C=C\C/C=C\C/C=C\C/C=C\CCCCCCC(=O)OC(COC(=O)CCCCCCCCCCCCCCCCCCCCCCCCC/C=C\C/C=C\C/C=C\C/C=C\C/C=C\CC)COP(=O)(O)OCCN. The standard InChI is InChI=1S/C85H140NO8P/c1-3-5-7-9-11-13-15-17-19-21-23-25-27-29-31-33-35-37-39-40-41-42-44-45-47-49-51-53-55-57-59-61-63-65-67-69-71-73-75-77-84(87)91-81-83(82-93-95(89,90)92-80-79-86)94-85(88)78-76-74-72-70-68-66-64-62-60-58-56-54-52-50-48-46-43-38-36-34-32-30-28-26-24-22-20-18-16-14-12-10-8-6-4-2/h5-8,11-14,17-20,23-26,29-32,36,38,46,48,52,54,58,60,64,66,83H,3-4,9-10,15-16,21-22,27-28,33-35,37,39-45,47,49-51,53,55-57,59,61-63,65,67-82,86H2,1-2H3,(H,89,90)/b7-5-,8-6-,13-11-,14-12-,19-17-,20-18-,25-23-,26-24-,31-29-,32-30-,38-36-,48-46-,54-52-,60-58-,66-64-. The molecule has 0 heterocycles. The van der Waals surface area contributed by atoms with Gasteiger partial charge in [-0.1, -0.05) is 344 Å². The number of unbranched alkanes of at least 4 members (excludes halogenated alkanes) is 27. The first-order valence-electron chi connectivity index (χ1n) is 38.3. The molecule has 2 atom stereocenters. The zero-order valence-corrected chi connectivity index (χ0v) is 61.5. The zero-order valence-electron chi connectivity index (χ0n) is 60.6. The number of hydrogen-bond acceptors (Lipinski definition) is 8. The van der Waals surface area contributed by atoms with Crippen LogP contribution in [0.3, 0.4) is 0 Å². The largest absolute Gasteiger partial charge is 0.472 e. The maximum Gasteiger partial charge on any atom is 0.472 e. The lowest BCUT2D eigenvalue weighted by atomic mass is 10.0. The van der Waals surface area contributed by atoms with Gasteiger partial charge in [0.1, 0.15) is 6.61 Å². The number of phosphoric ester groups is 1. The first-order valence-corrected chi connectivity index (χ1v) is 39.8. The van der Waals surface area contributed by atoms with Gasteiger partial charge in [-0.3, -0.25) is 18.6 Å². The molecule has 0 bridgehead atoms. The van der Waals surface area contributed by atoms with Crippen LogP contribution in [0.1, 0.15) is 309 Å². The molecule has 10 heteroatoms. The molecule has 0 aliphatic carbocycles. The minimum absolute atomic E-state index is 0.0414. The van der Waals surface area contributed by atoms with Crippen molar-refractivity contribution < 1.29 is 37.6 Å². The van der Waals surface area contributed by atoms with E-state index in [9.17, 15) is 19.0 Å². The van der Waals surface area contributed by atoms with E-state index < -0.39 is 26.5 Å². The van der Waals surface area contributed by atoms with Crippen LogP contribution in [0.25, 0.3) is 0 Å². The number of carbonyl (C=O) groups excluding carboxylic acids is 2. The molecule has 9 nitrogen and oxygen atoms in total. The fourth-order valence-corrected chi connectivity index (χ4v) is 11.0. The second-order valence-electron chi connectivity index (χ2n) is 24.8. The van der Waals surface area contributed by atoms with Gasteiger partial charge in [0.05, 0.1) is 13.2 Å². The Hall–Kier alpha value is -4.89. The van der Waals surface area contributed by atoms with E-state index in [2.05, 4.69) is 196 Å². The van der Waals surface area contributed by atoms with Gasteiger partial charge in [0.25, 0.3) is 0 Å². The van der Waals surface area contributed by atoms with Gasteiger partial charge in [-0.05, 0) is 135 Å². The molecule has 0 amide bonds. The van der Waals surface area contributed by atoms with E-state index in [0.717, 1.165) is 141 Å². The molecule has 0 saturated heterocycles. The van der Waals surface area contributed by atoms with E-state index in [-0.39, 0.29) is 38.6 Å². The maximum atomic E-state index is 12.8. The number of nitrogens with two attached hydrogens (primary N) is 1. The summed E-state index contributed by atoms with van der Waals surface area (Å²) in [5.74, 6) is -0.858. The van der Waals surface area contributed by atoms with Crippen LogP contribution in [0, 0.1) is 0 Å². The van der Waals surface area contributed by atoms with Gasteiger partial charge in [0, 0.05) is 19.4 Å². The van der Waals surface area contributed by atoms with Crippen LogP contribution in [0.2, 0.25) is 0 Å². The van der Waals surface area contributed by atoms with Crippen LogP contribution in [-0.2, 0) is 32.7 Å². The lowest BCUT2D eigenvalue weighted by molar-refractivity contribution is -0.161. The molecule has 0 aromatic carbocycles. The van der Waals surface area contributed by atoms with Crippen LogP contribution in [0.5, 0.6) is 0 Å². The lowest BCUT2D eigenvalue weighted by Crippen LogP contribution is -2.29. The number of esters is 2. The molecule has 3 N–H and O–H groups in total. The van der Waals surface area contributed by atoms with Gasteiger partial charge >= 0.3 is 19.8 Å². The molecule has 0 saturated carbocycles. The monoisotopic (exact) mass is 1330 g/mol. The summed E-state index contributed by atoms with van der Waals surface area (Å²) in [4.78, 5) is 35.4. The highest BCUT2D eigenvalue weighted by Gasteiger charge is 2.26. The summed E-state index contributed by atoms with van der Waals surface area (Å²) in [5, 5.41) is 0. The highest BCUT2D eigenvalue weighted by Crippen LogP contribution is 2.43. The Morgan fingerprint density at radius 2 is 0.547 bits per heavy atom. The van der Waals surface area contributed by atoms with Crippen molar-refractivity contribution in [2.75, 3.05) is 26.4 Å². The third kappa shape index (κ3) is 78.0. The van der Waals surface area contributed by atoms with Crippen molar-refractivity contribution >= 4 is 19.8 Å². The number of ether oxygens (including phenoxy) is 2. The highest BCUT2D eigenvalue weighted by atomic mass is 31.2. The molecule has 0 aliphatic rings. The van der Waals surface area contributed by atoms with Gasteiger partial charge in [0.2, 0.25) is 0 Å². The maximum absolute atomic E-state index is 12.8. The van der Waals surface area contributed by atoms with E-state index >= 15 is 0 Å². The Bertz CT molecular complexity index is 2220. The molecule has 2 unspecified atom stereocenters. The van der Waals surface area contributed by atoms with Gasteiger partial charge in [-0.25, -0.2) is 4.57 Å². The van der Waals surface area contributed by atoms with Crippen molar-refractivity contribution in [2.24, 2.45) is 5.73 Å². The Balaban J connectivity index is 3.92. The van der Waals surface area contributed by atoms with Crippen LogP contribution in [-0.4, -0.2) is 49.3 Å². The zero-order chi connectivity index (χ0) is 68.6. The number of hydrogen-bond donors (Lipinski definition) is 2. The summed E-state index contributed by atoms with van der Waals surface area (Å²) in [6.45, 7) is 3.49. The molecule has 0 aromatic rings. The summed E-state index contributed by atoms with van der Waals surface area (Å²) < 4.78 is 33.2. The third-order valence-electron chi connectivity index (χ3n) is 15.8. The number of rotatable bonds is 70. The van der Waals surface area contributed by atoms with E-state index in [4.69, 9.17) is 24.3 Å². The normalized spacial score (nSPS) is 13.9. The van der Waals surface area contributed by atoms with E-state index in [1.807, 2.05) is 0 Å². The smallest absolute Gasteiger partial charge is 0.462 e. The summed E-state index contributed by atoms with van der Waals surface area (Å²) >= 11 is 0. The van der Waals surface area contributed by atoms with Crippen LogP contribution >= 0.6 is 7.82 Å². The summed E-state index contributed by atoms with van der Waals surface area (Å²) in [7, 11) is -4.41. The summed E-state index contributed by atoms with van der Waals surface area (Å²) in [6, 6.07) is 0. The second-order valence-corrected chi connectivity index (χ2v) is 26.2. The number of allylic oxidation sites excluding steroid dienone is 30. The van der Waals surface area contributed by atoms with Crippen molar-refractivity contribution in [2.45, 2.75) is 315 Å². The second kappa shape index (κ2) is 78.1.